The Hall–Kier alpha value is -3.49. The molecule has 1 unspecified atom stereocenters. The van der Waals surface area contributed by atoms with Gasteiger partial charge in [0.1, 0.15) is 22.9 Å². The SMILES string of the molecule is COc1cc(C=C2CCN(C)N3C2=NCC3(CO)c2ccc(F)cc2)ccc1-n1cnc(C)c1. The van der Waals surface area contributed by atoms with Crippen LogP contribution in [0.2, 0.25) is 0 Å². The number of rotatable bonds is 5. The third-order valence-electron chi connectivity index (χ3n) is 6.61. The Morgan fingerprint density at radius 3 is 2.68 bits per heavy atom. The molecule has 1 N–H and O–H groups in total. The van der Waals surface area contributed by atoms with E-state index in [-0.39, 0.29) is 12.4 Å². The number of halogens is 1. The van der Waals surface area contributed by atoms with Crippen molar-refractivity contribution in [2.45, 2.75) is 18.9 Å². The number of aliphatic hydroxyl groups excluding tert-OH is 1. The number of nitrogens with zero attached hydrogens (tertiary/aromatic N) is 5. The second-order valence-corrected chi connectivity index (χ2v) is 8.80. The zero-order chi connectivity index (χ0) is 23.9. The van der Waals surface area contributed by atoms with Crippen molar-refractivity contribution < 1.29 is 14.2 Å². The number of aliphatic imine (C=N–C) groups is 1. The van der Waals surface area contributed by atoms with Crippen LogP contribution in [-0.2, 0) is 5.54 Å². The van der Waals surface area contributed by atoms with E-state index in [1.165, 1.54) is 12.1 Å². The Kier molecular flexibility index (Phi) is 5.71. The Bertz CT molecular complexity index is 1270. The highest BCUT2D eigenvalue weighted by molar-refractivity contribution is 6.04. The van der Waals surface area contributed by atoms with Gasteiger partial charge in [-0.05, 0) is 60.4 Å². The molecule has 0 amide bonds. The maximum atomic E-state index is 13.6. The summed E-state index contributed by atoms with van der Waals surface area (Å²) in [6.07, 6.45) is 6.68. The van der Waals surface area contributed by atoms with Crippen LogP contribution in [0.15, 0.2) is 65.6 Å². The van der Waals surface area contributed by atoms with Gasteiger partial charge in [-0.25, -0.2) is 14.4 Å². The zero-order valence-corrected chi connectivity index (χ0v) is 19.6. The van der Waals surface area contributed by atoms with Gasteiger partial charge in [0.15, 0.2) is 0 Å². The fraction of sp³-hybridized carbons (Fsp3) is 0.308. The van der Waals surface area contributed by atoms with Crippen LogP contribution in [0, 0.1) is 12.7 Å². The van der Waals surface area contributed by atoms with Crippen LogP contribution in [0.3, 0.4) is 0 Å². The minimum atomic E-state index is -0.752. The summed E-state index contributed by atoms with van der Waals surface area (Å²) in [6.45, 7) is 3.00. The molecule has 7 nitrogen and oxygen atoms in total. The van der Waals surface area contributed by atoms with Crippen LogP contribution < -0.4 is 4.74 Å². The number of fused-ring (bicyclic) bond motifs is 1. The van der Waals surface area contributed by atoms with E-state index in [2.05, 4.69) is 27.1 Å². The molecule has 2 aromatic carbocycles. The number of amidine groups is 1. The van der Waals surface area contributed by atoms with Gasteiger partial charge in [0, 0.05) is 19.8 Å². The van der Waals surface area contributed by atoms with Crippen LogP contribution in [0.5, 0.6) is 5.75 Å². The summed E-state index contributed by atoms with van der Waals surface area (Å²) < 4.78 is 21.2. The average molecular weight is 462 g/mol. The van der Waals surface area contributed by atoms with E-state index in [9.17, 15) is 9.50 Å². The quantitative estimate of drug-likeness (QED) is 0.629. The number of ether oxygens (including phenoxy) is 1. The van der Waals surface area contributed by atoms with Gasteiger partial charge >= 0.3 is 0 Å². The highest BCUT2D eigenvalue weighted by atomic mass is 19.1. The van der Waals surface area contributed by atoms with E-state index in [0.29, 0.717) is 6.54 Å². The molecule has 5 rings (SSSR count). The van der Waals surface area contributed by atoms with Gasteiger partial charge in [0.25, 0.3) is 0 Å². The molecular weight excluding hydrogens is 433 g/mol. The topological polar surface area (TPSA) is 66.1 Å². The average Bonchev–Trinajstić information content (AvgIpc) is 3.46. The first-order valence-electron chi connectivity index (χ1n) is 11.3. The molecule has 0 saturated carbocycles. The minimum Gasteiger partial charge on any atom is -0.495 e. The first-order valence-corrected chi connectivity index (χ1v) is 11.3. The Balaban J connectivity index is 1.50. The van der Waals surface area contributed by atoms with Crippen LogP contribution in [0.4, 0.5) is 4.39 Å². The molecule has 0 spiro atoms. The third-order valence-corrected chi connectivity index (χ3v) is 6.61. The van der Waals surface area contributed by atoms with Crippen molar-refractivity contribution in [1.29, 1.82) is 0 Å². The van der Waals surface area contributed by atoms with E-state index >= 15 is 0 Å². The summed E-state index contributed by atoms with van der Waals surface area (Å²) in [5, 5.41) is 14.7. The highest BCUT2D eigenvalue weighted by Crippen LogP contribution is 2.39. The van der Waals surface area contributed by atoms with Gasteiger partial charge in [-0.3, -0.25) is 10.0 Å². The van der Waals surface area contributed by atoms with E-state index < -0.39 is 5.54 Å². The largest absolute Gasteiger partial charge is 0.495 e. The number of benzene rings is 2. The molecule has 1 saturated heterocycles. The molecule has 3 aromatic rings. The van der Waals surface area contributed by atoms with Crippen LogP contribution in [0.1, 0.15) is 23.2 Å². The van der Waals surface area contributed by atoms with E-state index in [0.717, 1.165) is 52.6 Å². The molecule has 1 aromatic heterocycles. The molecule has 8 heteroatoms. The molecule has 34 heavy (non-hydrogen) atoms. The summed E-state index contributed by atoms with van der Waals surface area (Å²) in [7, 11) is 3.66. The van der Waals surface area contributed by atoms with Gasteiger partial charge < -0.3 is 14.4 Å². The number of aryl methyl sites for hydroxylation is 1. The maximum absolute atomic E-state index is 13.6. The van der Waals surface area contributed by atoms with Crippen molar-refractivity contribution in [2.24, 2.45) is 4.99 Å². The molecule has 0 bridgehead atoms. The molecule has 2 aliphatic heterocycles. The third kappa shape index (κ3) is 3.69. The van der Waals surface area contributed by atoms with Crippen molar-refractivity contribution in [1.82, 2.24) is 19.6 Å². The summed E-state index contributed by atoms with van der Waals surface area (Å²) in [6, 6.07) is 12.4. The number of methoxy groups -OCH3 is 1. The first-order chi connectivity index (χ1) is 16.4. The van der Waals surface area contributed by atoms with E-state index in [4.69, 9.17) is 9.73 Å². The molecule has 176 valence electrons. The fourth-order valence-corrected chi connectivity index (χ4v) is 4.83. The van der Waals surface area contributed by atoms with Gasteiger partial charge in [-0.2, -0.15) is 0 Å². The van der Waals surface area contributed by atoms with Gasteiger partial charge in [-0.15, -0.1) is 0 Å². The van der Waals surface area contributed by atoms with Crippen LogP contribution in [-0.4, -0.2) is 64.4 Å². The normalized spacial score (nSPS) is 21.6. The molecule has 0 radical (unpaired) electrons. The van der Waals surface area contributed by atoms with Crippen molar-refractivity contribution in [2.75, 3.05) is 33.9 Å². The smallest absolute Gasteiger partial charge is 0.143 e. The number of aromatic nitrogens is 2. The van der Waals surface area contributed by atoms with Crippen molar-refractivity contribution in [3.05, 3.63) is 83.2 Å². The lowest BCUT2D eigenvalue weighted by atomic mass is 9.89. The second-order valence-electron chi connectivity index (χ2n) is 8.80. The molecule has 3 heterocycles. The lowest BCUT2D eigenvalue weighted by Gasteiger charge is -2.47. The maximum Gasteiger partial charge on any atom is 0.143 e. The van der Waals surface area contributed by atoms with E-state index in [1.54, 1.807) is 25.6 Å². The van der Waals surface area contributed by atoms with Crippen LogP contribution >= 0.6 is 0 Å². The molecule has 1 atom stereocenters. The van der Waals surface area contributed by atoms with Gasteiger partial charge in [0.05, 0.1) is 38.0 Å². The zero-order valence-electron chi connectivity index (χ0n) is 19.6. The molecule has 0 aliphatic carbocycles. The number of hydrogen-bond donors (Lipinski definition) is 1. The second kappa shape index (κ2) is 8.70. The fourth-order valence-electron chi connectivity index (χ4n) is 4.83. The Morgan fingerprint density at radius 1 is 1.21 bits per heavy atom. The highest BCUT2D eigenvalue weighted by Gasteiger charge is 2.48. The molecular formula is C26H28FN5O2. The summed E-state index contributed by atoms with van der Waals surface area (Å²) in [5.41, 5.74) is 4.03. The van der Waals surface area contributed by atoms with Crippen molar-refractivity contribution in [3.8, 4) is 11.4 Å². The standard InChI is InChI=1S/C26H28FN5O2/c1-18-14-31(17-29-18)23-9-4-19(13-24(23)34-3)12-20-10-11-30(2)32-25(20)28-15-26(32,16-33)21-5-7-22(27)8-6-21/h4-9,12-14,17,33H,10-11,15-16H2,1-3H3. The van der Waals surface area contributed by atoms with Crippen LogP contribution in [0.25, 0.3) is 11.8 Å². The Labute approximate surface area is 198 Å². The number of imidazole rings is 1. The van der Waals surface area contributed by atoms with Gasteiger partial charge in [-0.1, -0.05) is 18.2 Å². The molecule has 1 fully saturated rings. The van der Waals surface area contributed by atoms with Crippen molar-refractivity contribution >= 4 is 11.9 Å². The number of hydrogen-bond acceptors (Lipinski definition) is 6. The number of aliphatic hydroxyl groups is 1. The lowest BCUT2D eigenvalue weighted by molar-refractivity contribution is -0.0471. The Morgan fingerprint density at radius 2 is 2.00 bits per heavy atom. The van der Waals surface area contributed by atoms with E-state index in [1.807, 2.05) is 36.9 Å². The molecule has 2 aliphatic rings. The lowest BCUT2D eigenvalue weighted by Crippen LogP contribution is -2.59. The van der Waals surface area contributed by atoms with Crippen molar-refractivity contribution in [3.63, 3.8) is 0 Å². The summed E-state index contributed by atoms with van der Waals surface area (Å²) in [4.78, 5) is 9.16. The minimum absolute atomic E-state index is 0.129. The predicted octanol–water partition coefficient (Wildman–Crippen LogP) is 3.56. The summed E-state index contributed by atoms with van der Waals surface area (Å²) in [5.74, 6) is 1.29. The monoisotopic (exact) mass is 461 g/mol. The predicted molar refractivity (Wildman–Crippen MR) is 129 cm³/mol. The number of hydrazine groups is 1. The van der Waals surface area contributed by atoms with Gasteiger partial charge in [0.2, 0.25) is 0 Å². The summed E-state index contributed by atoms with van der Waals surface area (Å²) >= 11 is 0. The first kappa shape index (κ1) is 22.3.